The fraction of sp³-hybridized carbons (Fsp3) is 0.250. The smallest absolute Gasteiger partial charge is 0.341 e. The second-order valence-corrected chi connectivity index (χ2v) is 6.99. The van der Waals surface area contributed by atoms with Gasteiger partial charge in [-0.3, -0.25) is 14.9 Å². The lowest BCUT2D eigenvalue weighted by Crippen LogP contribution is -2.24. The molecule has 0 saturated carbocycles. The number of anilines is 2. The van der Waals surface area contributed by atoms with Crippen molar-refractivity contribution in [2.24, 2.45) is 0 Å². The molecule has 1 aliphatic rings. The summed E-state index contributed by atoms with van der Waals surface area (Å²) in [6, 6.07) is 10.3. The lowest BCUT2D eigenvalue weighted by molar-refractivity contribution is -0.384. The number of nitrogens with zero attached hydrogens (tertiary/aromatic N) is 3. The Kier molecular flexibility index (Phi) is 6.49. The molecule has 9 nitrogen and oxygen atoms in total. The molecular formula is C20H17ClN4O5. The number of nitro benzene ring substituents is 1. The van der Waals surface area contributed by atoms with Gasteiger partial charge in [0.1, 0.15) is 6.07 Å². The van der Waals surface area contributed by atoms with Gasteiger partial charge < -0.3 is 15.0 Å². The summed E-state index contributed by atoms with van der Waals surface area (Å²) in [5, 5.41) is 22.7. The highest BCUT2D eigenvalue weighted by Gasteiger charge is 2.24. The van der Waals surface area contributed by atoms with Gasteiger partial charge in [0.15, 0.2) is 6.61 Å². The van der Waals surface area contributed by atoms with Gasteiger partial charge in [0.25, 0.3) is 11.6 Å². The van der Waals surface area contributed by atoms with Crippen LogP contribution in [0.2, 0.25) is 5.02 Å². The van der Waals surface area contributed by atoms with Crippen LogP contribution in [0.5, 0.6) is 0 Å². The third-order valence-electron chi connectivity index (χ3n) is 4.57. The first-order valence-corrected chi connectivity index (χ1v) is 9.47. The van der Waals surface area contributed by atoms with Crippen LogP contribution in [0.4, 0.5) is 17.1 Å². The molecule has 1 amide bonds. The number of carbonyl (C=O) groups excluding carboxylic acids is 2. The highest BCUT2D eigenvalue weighted by Crippen LogP contribution is 2.29. The van der Waals surface area contributed by atoms with Gasteiger partial charge in [0.2, 0.25) is 0 Å². The molecule has 154 valence electrons. The largest absolute Gasteiger partial charge is 0.452 e. The molecule has 0 atom stereocenters. The molecule has 0 spiro atoms. The highest BCUT2D eigenvalue weighted by molar-refractivity contribution is 6.32. The fourth-order valence-corrected chi connectivity index (χ4v) is 3.35. The molecule has 2 aromatic rings. The van der Waals surface area contributed by atoms with Crippen LogP contribution in [0.3, 0.4) is 0 Å². The van der Waals surface area contributed by atoms with Gasteiger partial charge in [0, 0.05) is 30.9 Å². The van der Waals surface area contributed by atoms with Crippen molar-refractivity contribution >= 4 is 40.5 Å². The lowest BCUT2D eigenvalue weighted by Gasteiger charge is -2.20. The SMILES string of the molecule is N#Cc1ccc(NC(=O)COC(=O)c2cc([N+](=O)[O-])ccc2N2CCCC2)cc1Cl. The molecule has 30 heavy (non-hydrogen) atoms. The second-order valence-electron chi connectivity index (χ2n) is 6.58. The minimum Gasteiger partial charge on any atom is -0.452 e. The Labute approximate surface area is 176 Å². The minimum atomic E-state index is -0.825. The maximum Gasteiger partial charge on any atom is 0.341 e. The number of nitrogens with one attached hydrogen (secondary N) is 1. The molecule has 0 aliphatic carbocycles. The Bertz CT molecular complexity index is 1040. The average Bonchev–Trinajstić information content (AvgIpc) is 3.26. The molecular weight excluding hydrogens is 412 g/mol. The summed E-state index contributed by atoms with van der Waals surface area (Å²) in [6.45, 7) is 0.884. The molecule has 0 aromatic heterocycles. The third kappa shape index (κ3) is 4.85. The number of benzene rings is 2. The maximum atomic E-state index is 12.6. The molecule has 0 bridgehead atoms. The number of halogens is 1. The summed E-state index contributed by atoms with van der Waals surface area (Å²) in [5.41, 5.74) is 0.957. The van der Waals surface area contributed by atoms with Gasteiger partial charge in [-0.2, -0.15) is 5.26 Å². The van der Waals surface area contributed by atoms with Gasteiger partial charge in [-0.1, -0.05) is 11.6 Å². The number of nitro groups is 1. The van der Waals surface area contributed by atoms with Crippen LogP contribution >= 0.6 is 11.6 Å². The van der Waals surface area contributed by atoms with Crippen LogP contribution in [0.15, 0.2) is 36.4 Å². The van der Waals surface area contributed by atoms with Crippen molar-refractivity contribution in [3.8, 4) is 6.07 Å². The third-order valence-corrected chi connectivity index (χ3v) is 4.88. The lowest BCUT2D eigenvalue weighted by atomic mass is 10.1. The van der Waals surface area contributed by atoms with E-state index in [1.54, 1.807) is 0 Å². The molecule has 1 N–H and O–H groups in total. The molecule has 10 heteroatoms. The first kappa shape index (κ1) is 21.1. The molecule has 0 unspecified atom stereocenters. The van der Waals surface area contributed by atoms with Crippen molar-refractivity contribution in [2.45, 2.75) is 12.8 Å². The van der Waals surface area contributed by atoms with Crippen molar-refractivity contribution in [3.05, 3.63) is 62.7 Å². The van der Waals surface area contributed by atoms with E-state index in [-0.39, 0.29) is 21.8 Å². The van der Waals surface area contributed by atoms with Crippen LogP contribution < -0.4 is 10.2 Å². The fourth-order valence-electron chi connectivity index (χ4n) is 3.12. The quantitative estimate of drug-likeness (QED) is 0.423. The van der Waals surface area contributed by atoms with E-state index in [0.29, 0.717) is 11.4 Å². The number of ether oxygens (including phenoxy) is 1. The van der Waals surface area contributed by atoms with Gasteiger partial charge in [-0.25, -0.2) is 4.79 Å². The Balaban J connectivity index is 1.69. The molecule has 2 aromatic carbocycles. The topological polar surface area (TPSA) is 126 Å². The number of hydrogen-bond donors (Lipinski definition) is 1. The van der Waals surface area contributed by atoms with Crippen LogP contribution in [-0.2, 0) is 9.53 Å². The Morgan fingerprint density at radius 2 is 1.97 bits per heavy atom. The van der Waals surface area contributed by atoms with Crippen molar-refractivity contribution in [1.29, 1.82) is 5.26 Å². The summed E-state index contributed by atoms with van der Waals surface area (Å²) in [4.78, 5) is 37.2. The maximum absolute atomic E-state index is 12.6. The predicted octanol–water partition coefficient (Wildman–Crippen LogP) is 3.52. The second kappa shape index (κ2) is 9.24. The van der Waals surface area contributed by atoms with E-state index < -0.39 is 23.4 Å². The van der Waals surface area contributed by atoms with E-state index in [4.69, 9.17) is 21.6 Å². The number of non-ortho nitro benzene ring substituents is 1. The average molecular weight is 429 g/mol. The normalized spacial score (nSPS) is 12.9. The number of amides is 1. The predicted molar refractivity (Wildman–Crippen MR) is 110 cm³/mol. The Morgan fingerprint density at radius 1 is 1.23 bits per heavy atom. The van der Waals surface area contributed by atoms with Gasteiger partial charge in [-0.05, 0) is 37.1 Å². The molecule has 1 saturated heterocycles. The summed E-state index contributed by atoms with van der Waals surface area (Å²) in [5.74, 6) is -1.44. The van der Waals surface area contributed by atoms with Crippen LogP contribution in [0.25, 0.3) is 0 Å². The summed E-state index contributed by atoms with van der Waals surface area (Å²) in [7, 11) is 0. The highest BCUT2D eigenvalue weighted by atomic mass is 35.5. The van der Waals surface area contributed by atoms with E-state index in [1.807, 2.05) is 11.0 Å². The van der Waals surface area contributed by atoms with E-state index in [1.165, 1.54) is 30.3 Å². The van der Waals surface area contributed by atoms with E-state index in [0.717, 1.165) is 32.0 Å². The van der Waals surface area contributed by atoms with Gasteiger partial charge in [0.05, 0.1) is 26.8 Å². The number of hydrogen-bond acceptors (Lipinski definition) is 7. The van der Waals surface area contributed by atoms with Crippen LogP contribution in [0, 0.1) is 21.4 Å². The molecule has 1 aliphatic heterocycles. The van der Waals surface area contributed by atoms with Crippen LogP contribution in [-0.4, -0.2) is 36.5 Å². The standard InChI is InChI=1S/C20H17ClN4O5/c21-17-9-14(4-3-13(17)11-22)23-19(26)12-30-20(27)16-10-15(25(28)29)5-6-18(16)24-7-1-2-8-24/h3-6,9-10H,1-2,7-8,12H2,(H,23,26). The van der Waals surface area contributed by atoms with Crippen molar-refractivity contribution in [2.75, 3.05) is 29.9 Å². The number of carbonyl (C=O) groups is 2. The number of nitriles is 1. The zero-order valence-corrected chi connectivity index (χ0v) is 16.5. The van der Waals surface area contributed by atoms with Crippen molar-refractivity contribution < 1.29 is 19.2 Å². The van der Waals surface area contributed by atoms with Crippen molar-refractivity contribution in [3.63, 3.8) is 0 Å². The first-order chi connectivity index (χ1) is 14.4. The minimum absolute atomic E-state index is 0.0420. The molecule has 0 radical (unpaired) electrons. The van der Waals surface area contributed by atoms with Gasteiger partial charge >= 0.3 is 5.97 Å². The van der Waals surface area contributed by atoms with E-state index in [2.05, 4.69) is 5.32 Å². The zero-order chi connectivity index (χ0) is 21.7. The number of esters is 1. The first-order valence-electron chi connectivity index (χ1n) is 9.09. The Hall–Kier alpha value is -3.64. The van der Waals surface area contributed by atoms with Crippen LogP contribution in [0.1, 0.15) is 28.8 Å². The summed E-state index contributed by atoms with van der Waals surface area (Å²) >= 11 is 5.92. The Morgan fingerprint density at radius 3 is 2.60 bits per heavy atom. The summed E-state index contributed by atoms with van der Waals surface area (Å²) in [6.07, 6.45) is 1.92. The molecule has 1 fully saturated rings. The van der Waals surface area contributed by atoms with E-state index in [9.17, 15) is 19.7 Å². The molecule has 1 heterocycles. The monoisotopic (exact) mass is 428 g/mol. The van der Waals surface area contributed by atoms with Crippen molar-refractivity contribution in [1.82, 2.24) is 0 Å². The van der Waals surface area contributed by atoms with E-state index >= 15 is 0 Å². The zero-order valence-electron chi connectivity index (χ0n) is 15.8. The summed E-state index contributed by atoms with van der Waals surface area (Å²) < 4.78 is 5.09. The number of rotatable bonds is 6. The van der Waals surface area contributed by atoms with Gasteiger partial charge in [-0.15, -0.1) is 0 Å². The molecule has 3 rings (SSSR count).